The summed E-state index contributed by atoms with van der Waals surface area (Å²) < 4.78 is 61.8. The molecule has 1 aliphatic rings. The van der Waals surface area contributed by atoms with E-state index in [9.17, 15) is 17.6 Å². The summed E-state index contributed by atoms with van der Waals surface area (Å²) in [6, 6.07) is 8.77. The maximum Gasteiger partial charge on any atom is 0.573 e. The fraction of sp³-hybridized carbons (Fsp3) is 0.294. The van der Waals surface area contributed by atoms with E-state index in [2.05, 4.69) is 10.1 Å². The number of hydrogen-bond acceptors (Lipinski definition) is 3. The molecule has 1 heterocycles. The standard InChI is InChI=1S/C17H15F4NO2/c1-10-3-2-4-13(16(10)18)11-5-6-14(23-12-8-22-9-12)15(7-11)24-17(19,20)21/h2-7,12,22H,8-9H2,1H3. The van der Waals surface area contributed by atoms with Crippen molar-refractivity contribution < 1.29 is 27.0 Å². The first kappa shape index (κ1) is 16.6. The number of nitrogens with one attached hydrogen (secondary N) is 1. The van der Waals surface area contributed by atoms with Crippen molar-refractivity contribution in [1.29, 1.82) is 0 Å². The molecule has 0 aliphatic carbocycles. The fourth-order valence-electron chi connectivity index (χ4n) is 2.37. The fourth-order valence-corrected chi connectivity index (χ4v) is 2.37. The van der Waals surface area contributed by atoms with Crippen molar-refractivity contribution in [2.24, 2.45) is 0 Å². The Labute approximate surface area is 136 Å². The molecular formula is C17H15F4NO2. The molecule has 0 aromatic heterocycles. The van der Waals surface area contributed by atoms with Gasteiger partial charge < -0.3 is 14.8 Å². The Balaban J connectivity index is 1.99. The Morgan fingerprint density at radius 1 is 1.08 bits per heavy atom. The Kier molecular flexibility index (Phi) is 4.36. The zero-order valence-electron chi connectivity index (χ0n) is 12.8. The Hall–Kier alpha value is -2.28. The van der Waals surface area contributed by atoms with Crippen LogP contribution in [0.5, 0.6) is 11.5 Å². The van der Waals surface area contributed by atoms with E-state index in [1.807, 2.05) is 0 Å². The van der Waals surface area contributed by atoms with Crippen LogP contribution in [-0.4, -0.2) is 25.6 Å². The largest absolute Gasteiger partial charge is 0.573 e. The minimum Gasteiger partial charge on any atom is -0.484 e. The van der Waals surface area contributed by atoms with Gasteiger partial charge in [-0.1, -0.05) is 24.3 Å². The summed E-state index contributed by atoms with van der Waals surface area (Å²) >= 11 is 0. The first-order valence-electron chi connectivity index (χ1n) is 7.36. The van der Waals surface area contributed by atoms with Crippen molar-refractivity contribution in [2.75, 3.05) is 13.1 Å². The number of benzene rings is 2. The molecular weight excluding hydrogens is 326 g/mol. The van der Waals surface area contributed by atoms with Crippen molar-refractivity contribution in [3.05, 3.63) is 47.8 Å². The van der Waals surface area contributed by atoms with Crippen LogP contribution in [-0.2, 0) is 0 Å². The molecule has 1 saturated heterocycles. The molecule has 0 amide bonds. The van der Waals surface area contributed by atoms with Gasteiger partial charge in [0.25, 0.3) is 0 Å². The molecule has 1 N–H and O–H groups in total. The van der Waals surface area contributed by atoms with Gasteiger partial charge in [0.2, 0.25) is 0 Å². The normalized spacial score (nSPS) is 15.0. The molecule has 1 fully saturated rings. The molecule has 0 unspecified atom stereocenters. The van der Waals surface area contributed by atoms with Crippen LogP contribution in [0.4, 0.5) is 17.6 Å². The van der Waals surface area contributed by atoms with Gasteiger partial charge in [0.15, 0.2) is 11.5 Å². The van der Waals surface area contributed by atoms with Crippen LogP contribution < -0.4 is 14.8 Å². The molecule has 128 valence electrons. The highest BCUT2D eigenvalue weighted by Gasteiger charge is 2.33. The number of aryl methyl sites for hydroxylation is 1. The molecule has 3 nitrogen and oxygen atoms in total. The van der Waals surface area contributed by atoms with Crippen LogP contribution in [0.1, 0.15) is 5.56 Å². The summed E-state index contributed by atoms with van der Waals surface area (Å²) in [6.07, 6.45) is -5.07. The second-order valence-corrected chi connectivity index (χ2v) is 5.54. The lowest BCUT2D eigenvalue weighted by Gasteiger charge is -2.28. The lowest BCUT2D eigenvalue weighted by atomic mass is 10.0. The van der Waals surface area contributed by atoms with Crippen molar-refractivity contribution in [3.63, 3.8) is 0 Å². The molecule has 7 heteroatoms. The molecule has 0 radical (unpaired) electrons. The minimum absolute atomic E-state index is 0.0179. The van der Waals surface area contributed by atoms with Gasteiger partial charge in [-0.05, 0) is 30.2 Å². The Bertz CT molecular complexity index is 742. The number of alkyl halides is 3. The van der Waals surface area contributed by atoms with Crippen LogP contribution >= 0.6 is 0 Å². The highest BCUT2D eigenvalue weighted by Crippen LogP contribution is 2.37. The van der Waals surface area contributed by atoms with Gasteiger partial charge in [-0.2, -0.15) is 0 Å². The lowest BCUT2D eigenvalue weighted by Crippen LogP contribution is -2.50. The lowest BCUT2D eigenvalue weighted by molar-refractivity contribution is -0.275. The average molecular weight is 341 g/mol. The molecule has 0 spiro atoms. The molecule has 24 heavy (non-hydrogen) atoms. The van der Waals surface area contributed by atoms with Crippen LogP contribution in [0.2, 0.25) is 0 Å². The van der Waals surface area contributed by atoms with Gasteiger partial charge in [-0.15, -0.1) is 13.2 Å². The van der Waals surface area contributed by atoms with Crippen LogP contribution in [0, 0.1) is 12.7 Å². The van der Waals surface area contributed by atoms with E-state index in [1.54, 1.807) is 19.1 Å². The van der Waals surface area contributed by atoms with Gasteiger partial charge in [0.1, 0.15) is 11.9 Å². The number of halogens is 4. The van der Waals surface area contributed by atoms with Crippen LogP contribution in [0.15, 0.2) is 36.4 Å². The van der Waals surface area contributed by atoms with E-state index < -0.39 is 17.9 Å². The molecule has 2 aromatic rings. The predicted molar refractivity (Wildman–Crippen MR) is 80.5 cm³/mol. The topological polar surface area (TPSA) is 30.5 Å². The van der Waals surface area contributed by atoms with Crippen molar-refractivity contribution >= 4 is 0 Å². The molecule has 1 aliphatic heterocycles. The monoisotopic (exact) mass is 341 g/mol. The number of ether oxygens (including phenoxy) is 2. The van der Waals surface area contributed by atoms with Crippen LogP contribution in [0.25, 0.3) is 11.1 Å². The molecule has 0 bridgehead atoms. The summed E-state index contributed by atoms with van der Waals surface area (Å²) in [5, 5.41) is 2.96. The maximum absolute atomic E-state index is 14.2. The van der Waals surface area contributed by atoms with Gasteiger partial charge in [0, 0.05) is 18.7 Å². The number of hydrogen-bond donors (Lipinski definition) is 1. The highest BCUT2D eigenvalue weighted by atomic mass is 19.4. The van der Waals surface area contributed by atoms with Crippen molar-refractivity contribution in [2.45, 2.75) is 19.4 Å². The third-order valence-corrected chi connectivity index (χ3v) is 3.71. The van der Waals surface area contributed by atoms with E-state index in [-0.39, 0.29) is 23.0 Å². The van der Waals surface area contributed by atoms with E-state index in [1.165, 1.54) is 18.2 Å². The summed E-state index contributed by atoms with van der Waals surface area (Å²) in [7, 11) is 0. The summed E-state index contributed by atoms with van der Waals surface area (Å²) in [4.78, 5) is 0. The van der Waals surface area contributed by atoms with Gasteiger partial charge in [-0.3, -0.25) is 0 Å². The third kappa shape index (κ3) is 3.62. The quantitative estimate of drug-likeness (QED) is 0.851. The highest BCUT2D eigenvalue weighted by molar-refractivity contribution is 5.68. The van der Waals surface area contributed by atoms with Crippen molar-refractivity contribution in [1.82, 2.24) is 5.32 Å². The van der Waals surface area contributed by atoms with Gasteiger partial charge in [0.05, 0.1) is 0 Å². The zero-order chi connectivity index (χ0) is 17.3. The summed E-state index contributed by atoms with van der Waals surface area (Å²) in [6.45, 7) is 2.70. The predicted octanol–water partition coefficient (Wildman–Crippen LogP) is 4.05. The van der Waals surface area contributed by atoms with Crippen LogP contribution in [0.3, 0.4) is 0 Å². The first-order valence-corrected chi connectivity index (χ1v) is 7.36. The maximum atomic E-state index is 14.2. The van der Waals surface area contributed by atoms with E-state index in [4.69, 9.17) is 4.74 Å². The molecule has 2 aromatic carbocycles. The van der Waals surface area contributed by atoms with Gasteiger partial charge >= 0.3 is 6.36 Å². The summed E-state index contributed by atoms with van der Waals surface area (Å²) in [5.74, 6) is -0.976. The second-order valence-electron chi connectivity index (χ2n) is 5.54. The number of rotatable bonds is 4. The summed E-state index contributed by atoms with van der Waals surface area (Å²) in [5.41, 5.74) is 0.903. The van der Waals surface area contributed by atoms with E-state index in [0.29, 0.717) is 18.7 Å². The molecule has 3 rings (SSSR count). The molecule has 0 atom stereocenters. The average Bonchev–Trinajstić information content (AvgIpc) is 2.45. The SMILES string of the molecule is Cc1cccc(-c2ccc(OC3CNC3)c(OC(F)(F)F)c2)c1F. The third-order valence-electron chi connectivity index (χ3n) is 3.71. The molecule has 0 saturated carbocycles. The smallest absolute Gasteiger partial charge is 0.484 e. The van der Waals surface area contributed by atoms with Gasteiger partial charge in [-0.25, -0.2) is 4.39 Å². The second kappa shape index (κ2) is 6.32. The van der Waals surface area contributed by atoms with E-state index in [0.717, 1.165) is 6.07 Å². The minimum atomic E-state index is -4.86. The Morgan fingerprint density at radius 3 is 2.46 bits per heavy atom. The van der Waals surface area contributed by atoms with E-state index >= 15 is 0 Å². The van der Waals surface area contributed by atoms with Crippen molar-refractivity contribution in [3.8, 4) is 22.6 Å². The zero-order valence-corrected chi connectivity index (χ0v) is 12.8. The Morgan fingerprint density at radius 2 is 1.83 bits per heavy atom. The first-order chi connectivity index (χ1) is 11.3.